The maximum absolute atomic E-state index is 10.1. The fourth-order valence-corrected chi connectivity index (χ4v) is 2.95. The molecule has 1 aliphatic heterocycles. The van der Waals surface area contributed by atoms with Crippen LogP contribution in [-0.2, 0) is 0 Å². The third-order valence-electron chi connectivity index (χ3n) is 2.83. The molecule has 3 unspecified atom stereocenters. The number of nitrogens with one attached hydrogen (secondary N) is 1. The Balaban J connectivity index is 2.03. The maximum atomic E-state index is 10.1. The quantitative estimate of drug-likeness (QED) is 0.841. The number of hydrogen-bond donors (Lipinski definition) is 2. The number of halogens is 1. The highest BCUT2D eigenvalue weighted by Gasteiger charge is 2.27. The van der Waals surface area contributed by atoms with Gasteiger partial charge in [-0.05, 0) is 25.3 Å². The zero-order chi connectivity index (χ0) is 10.8. The zero-order valence-corrected chi connectivity index (χ0v) is 10.2. The summed E-state index contributed by atoms with van der Waals surface area (Å²) < 4.78 is 0.632. The predicted molar refractivity (Wildman–Crippen MR) is 62.3 cm³/mol. The van der Waals surface area contributed by atoms with Crippen LogP contribution in [0, 0.1) is 5.92 Å². The molecule has 2 N–H and O–H groups in total. The van der Waals surface area contributed by atoms with Gasteiger partial charge in [0, 0.05) is 6.04 Å². The molecule has 1 saturated heterocycles. The highest BCUT2D eigenvalue weighted by molar-refractivity contribution is 7.15. The molecule has 1 aromatic heterocycles. The zero-order valence-electron chi connectivity index (χ0n) is 8.61. The van der Waals surface area contributed by atoms with Crippen LogP contribution in [0.15, 0.2) is 6.20 Å². The van der Waals surface area contributed by atoms with Crippen LogP contribution in [0.4, 0.5) is 0 Å². The number of aromatic nitrogens is 1. The van der Waals surface area contributed by atoms with Crippen LogP contribution in [0.1, 0.15) is 30.9 Å². The van der Waals surface area contributed by atoms with E-state index in [0.717, 1.165) is 13.0 Å². The number of aliphatic hydroxyl groups is 1. The van der Waals surface area contributed by atoms with E-state index in [0.29, 0.717) is 15.3 Å². The average Bonchev–Trinajstić information content (AvgIpc) is 2.64. The topological polar surface area (TPSA) is 45.1 Å². The van der Waals surface area contributed by atoms with Gasteiger partial charge in [-0.2, -0.15) is 0 Å². The normalized spacial score (nSPS) is 29.0. The second-order valence-corrected chi connectivity index (χ2v) is 5.83. The molecule has 0 spiro atoms. The Bertz CT molecular complexity index is 331. The summed E-state index contributed by atoms with van der Waals surface area (Å²) in [4.78, 5) is 4.11. The molecular weight excluding hydrogens is 232 g/mol. The van der Waals surface area contributed by atoms with Crippen molar-refractivity contribution in [3.63, 3.8) is 0 Å². The molecule has 0 saturated carbocycles. The number of hydrogen-bond acceptors (Lipinski definition) is 4. The fraction of sp³-hybridized carbons (Fsp3) is 0.700. The number of thiazole rings is 1. The van der Waals surface area contributed by atoms with Gasteiger partial charge in [0.2, 0.25) is 0 Å². The highest BCUT2D eigenvalue weighted by atomic mass is 35.5. The van der Waals surface area contributed by atoms with E-state index in [1.54, 1.807) is 6.20 Å². The molecule has 1 aliphatic rings. The van der Waals surface area contributed by atoms with Gasteiger partial charge in [0.15, 0.2) is 0 Å². The molecule has 2 rings (SSSR count). The van der Waals surface area contributed by atoms with Gasteiger partial charge in [-0.1, -0.05) is 18.5 Å². The molecule has 3 nitrogen and oxygen atoms in total. The van der Waals surface area contributed by atoms with E-state index < -0.39 is 6.10 Å². The number of aliphatic hydroxyl groups excluding tert-OH is 1. The summed E-state index contributed by atoms with van der Waals surface area (Å²) in [5, 5.41) is 14.1. The van der Waals surface area contributed by atoms with Crippen molar-refractivity contribution in [2.75, 3.05) is 6.54 Å². The SMILES string of the molecule is CC1CCNC(C(O)c2ncc(Cl)s2)C1. The first-order chi connectivity index (χ1) is 7.16. The number of nitrogens with zero attached hydrogens (tertiary/aromatic N) is 1. The molecular formula is C10H15ClN2OS. The molecule has 0 aliphatic carbocycles. The largest absolute Gasteiger partial charge is 0.384 e. The van der Waals surface area contributed by atoms with Gasteiger partial charge < -0.3 is 10.4 Å². The molecule has 1 aromatic rings. The van der Waals surface area contributed by atoms with Gasteiger partial charge in [-0.3, -0.25) is 0 Å². The van der Waals surface area contributed by atoms with Gasteiger partial charge in [0.1, 0.15) is 15.4 Å². The summed E-state index contributed by atoms with van der Waals surface area (Å²) in [6.45, 7) is 3.19. The smallest absolute Gasteiger partial charge is 0.124 e. The first kappa shape index (κ1) is 11.3. The Kier molecular flexibility index (Phi) is 3.61. The van der Waals surface area contributed by atoms with Crippen LogP contribution in [0.5, 0.6) is 0 Å². The Morgan fingerprint density at radius 2 is 2.53 bits per heavy atom. The fourth-order valence-electron chi connectivity index (χ4n) is 1.97. The highest BCUT2D eigenvalue weighted by Crippen LogP contribution is 2.29. The van der Waals surface area contributed by atoms with E-state index in [4.69, 9.17) is 11.6 Å². The van der Waals surface area contributed by atoms with Crippen molar-refractivity contribution >= 4 is 22.9 Å². The minimum Gasteiger partial charge on any atom is -0.384 e. The molecule has 15 heavy (non-hydrogen) atoms. The molecule has 0 radical (unpaired) electrons. The molecule has 3 atom stereocenters. The van der Waals surface area contributed by atoms with E-state index in [9.17, 15) is 5.11 Å². The molecule has 0 amide bonds. The summed E-state index contributed by atoms with van der Waals surface area (Å²) in [5.74, 6) is 0.668. The van der Waals surface area contributed by atoms with Crippen molar-refractivity contribution in [3.8, 4) is 0 Å². The lowest BCUT2D eigenvalue weighted by atomic mass is 9.91. The summed E-state index contributed by atoms with van der Waals surface area (Å²) in [6, 6.07) is 0.121. The second kappa shape index (κ2) is 4.78. The molecule has 2 heterocycles. The van der Waals surface area contributed by atoms with E-state index in [1.165, 1.54) is 17.8 Å². The molecule has 5 heteroatoms. The minimum absolute atomic E-state index is 0.121. The lowest BCUT2D eigenvalue weighted by molar-refractivity contribution is 0.101. The van der Waals surface area contributed by atoms with Crippen LogP contribution in [0.2, 0.25) is 4.34 Å². The minimum atomic E-state index is -0.523. The Hall–Kier alpha value is -0.160. The summed E-state index contributed by atoms with van der Waals surface area (Å²) in [6.07, 6.45) is 3.25. The third-order valence-corrected chi connectivity index (χ3v) is 4.01. The maximum Gasteiger partial charge on any atom is 0.124 e. The van der Waals surface area contributed by atoms with Gasteiger partial charge in [-0.15, -0.1) is 11.3 Å². The van der Waals surface area contributed by atoms with Crippen LogP contribution in [0.25, 0.3) is 0 Å². The monoisotopic (exact) mass is 246 g/mol. The standard InChI is InChI=1S/C10H15ClN2OS/c1-6-2-3-12-7(4-6)9(14)10-13-5-8(11)15-10/h5-7,9,12,14H,2-4H2,1H3. The van der Waals surface area contributed by atoms with Gasteiger partial charge >= 0.3 is 0 Å². The van der Waals surface area contributed by atoms with Crippen molar-refractivity contribution < 1.29 is 5.11 Å². The van der Waals surface area contributed by atoms with Crippen molar-refractivity contribution in [2.24, 2.45) is 5.92 Å². The first-order valence-electron chi connectivity index (χ1n) is 5.19. The molecule has 0 bridgehead atoms. The van der Waals surface area contributed by atoms with E-state index >= 15 is 0 Å². The summed E-state index contributed by atoms with van der Waals surface area (Å²) in [7, 11) is 0. The Morgan fingerprint density at radius 3 is 3.13 bits per heavy atom. The summed E-state index contributed by atoms with van der Waals surface area (Å²) >= 11 is 7.15. The lowest BCUT2D eigenvalue weighted by Crippen LogP contribution is -2.41. The Labute approximate surface area is 98.5 Å². The molecule has 1 fully saturated rings. The molecule has 84 valence electrons. The summed E-state index contributed by atoms with van der Waals surface area (Å²) in [5.41, 5.74) is 0. The predicted octanol–water partition coefficient (Wildman–Crippen LogP) is 2.22. The van der Waals surface area contributed by atoms with Gasteiger partial charge in [0.05, 0.1) is 6.20 Å². The number of rotatable bonds is 2. The van der Waals surface area contributed by atoms with Crippen LogP contribution in [-0.4, -0.2) is 22.7 Å². The van der Waals surface area contributed by atoms with Crippen LogP contribution >= 0.6 is 22.9 Å². The first-order valence-corrected chi connectivity index (χ1v) is 6.39. The van der Waals surface area contributed by atoms with Crippen molar-refractivity contribution in [1.29, 1.82) is 0 Å². The Morgan fingerprint density at radius 1 is 1.73 bits per heavy atom. The van der Waals surface area contributed by atoms with Gasteiger partial charge in [-0.25, -0.2) is 4.98 Å². The van der Waals surface area contributed by atoms with E-state index in [-0.39, 0.29) is 6.04 Å². The van der Waals surface area contributed by atoms with Crippen molar-refractivity contribution in [3.05, 3.63) is 15.5 Å². The van der Waals surface area contributed by atoms with Gasteiger partial charge in [0.25, 0.3) is 0 Å². The van der Waals surface area contributed by atoms with Crippen molar-refractivity contribution in [1.82, 2.24) is 10.3 Å². The van der Waals surface area contributed by atoms with E-state index in [2.05, 4.69) is 17.2 Å². The number of piperidine rings is 1. The molecule has 0 aromatic carbocycles. The average molecular weight is 247 g/mol. The lowest BCUT2D eigenvalue weighted by Gasteiger charge is -2.30. The third kappa shape index (κ3) is 2.69. The second-order valence-electron chi connectivity index (χ2n) is 4.14. The van der Waals surface area contributed by atoms with E-state index in [1.807, 2.05) is 0 Å². The van der Waals surface area contributed by atoms with Crippen LogP contribution in [0.3, 0.4) is 0 Å². The van der Waals surface area contributed by atoms with Crippen molar-refractivity contribution in [2.45, 2.75) is 31.9 Å². The van der Waals surface area contributed by atoms with Crippen LogP contribution < -0.4 is 5.32 Å².